The summed E-state index contributed by atoms with van der Waals surface area (Å²) >= 11 is 0. The molecule has 0 aliphatic heterocycles. The Morgan fingerprint density at radius 1 is 1.19 bits per heavy atom. The van der Waals surface area contributed by atoms with Gasteiger partial charge in [0.05, 0.1) is 5.56 Å². The van der Waals surface area contributed by atoms with E-state index in [0.29, 0.717) is 18.7 Å². The first-order valence-electron chi connectivity index (χ1n) is 7.98. The normalized spacial score (nSPS) is 11.8. The fourth-order valence-electron chi connectivity index (χ4n) is 2.00. The summed E-state index contributed by atoms with van der Waals surface area (Å²) in [5, 5.41) is 2.40. The Hall–Kier alpha value is -2.32. The molecule has 0 aromatic heterocycles. The van der Waals surface area contributed by atoms with Gasteiger partial charge >= 0.3 is 12.3 Å². The van der Waals surface area contributed by atoms with E-state index in [0.717, 1.165) is 6.07 Å². The molecule has 146 valence electrons. The summed E-state index contributed by atoms with van der Waals surface area (Å²) in [5.41, 5.74) is -2.50. The topological polar surface area (TPSA) is 58.6 Å². The third-order valence-corrected chi connectivity index (χ3v) is 3.23. The van der Waals surface area contributed by atoms with E-state index in [-0.39, 0.29) is 18.7 Å². The lowest BCUT2D eigenvalue weighted by Crippen LogP contribution is -2.41. The maximum absolute atomic E-state index is 13.2. The lowest BCUT2D eigenvalue weighted by molar-refractivity contribution is -0.140. The Kier molecular flexibility index (Phi) is 7.00. The SMILES string of the molecule is CCN(CCNC(=O)c1ccc(F)c(C(F)(F)F)c1)C(=O)OC(C)(C)C. The fraction of sp³-hybridized carbons (Fsp3) is 0.529. The van der Waals surface area contributed by atoms with Gasteiger partial charge in [0.1, 0.15) is 11.4 Å². The third kappa shape index (κ3) is 6.53. The van der Waals surface area contributed by atoms with Crippen LogP contribution < -0.4 is 5.32 Å². The molecule has 0 unspecified atom stereocenters. The van der Waals surface area contributed by atoms with Gasteiger partial charge in [-0.1, -0.05) is 0 Å². The first-order valence-corrected chi connectivity index (χ1v) is 7.98. The van der Waals surface area contributed by atoms with E-state index >= 15 is 0 Å². The van der Waals surface area contributed by atoms with E-state index in [2.05, 4.69) is 5.32 Å². The van der Waals surface area contributed by atoms with Crippen molar-refractivity contribution in [3.63, 3.8) is 0 Å². The van der Waals surface area contributed by atoms with Crippen LogP contribution in [0.15, 0.2) is 18.2 Å². The zero-order valence-electron chi connectivity index (χ0n) is 15.0. The standard InChI is InChI=1S/C17H22F4N2O3/c1-5-23(15(25)26-16(2,3)4)9-8-22-14(24)11-6-7-13(18)12(10-11)17(19,20)21/h6-7,10H,5,8-9H2,1-4H3,(H,22,24). The third-order valence-electron chi connectivity index (χ3n) is 3.23. The smallest absolute Gasteiger partial charge is 0.419 e. The predicted octanol–water partition coefficient (Wildman–Crippen LogP) is 3.83. The molecule has 2 amide bonds. The lowest BCUT2D eigenvalue weighted by Gasteiger charge is -2.26. The zero-order chi connectivity index (χ0) is 20.1. The van der Waals surface area contributed by atoms with Crippen molar-refractivity contribution in [3.05, 3.63) is 35.1 Å². The van der Waals surface area contributed by atoms with Crippen LogP contribution >= 0.6 is 0 Å². The van der Waals surface area contributed by atoms with Crippen LogP contribution in [0.1, 0.15) is 43.6 Å². The molecule has 26 heavy (non-hydrogen) atoms. The Bertz CT molecular complexity index is 654. The van der Waals surface area contributed by atoms with Crippen LogP contribution in [0.25, 0.3) is 0 Å². The molecule has 0 saturated carbocycles. The highest BCUT2D eigenvalue weighted by Gasteiger charge is 2.34. The van der Waals surface area contributed by atoms with Gasteiger partial charge in [-0.05, 0) is 45.9 Å². The first-order chi connectivity index (χ1) is 11.8. The van der Waals surface area contributed by atoms with Gasteiger partial charge in [0.25, 0.3) is 5.91 Å². The first kappa shape index (κ1) is 21.7. The Morgan fingerprint density at radius 2 is 1.81 bits per heavy atom. The van der Waals surface area contributed by atoms with Crippen LogP contribution in [-0.4, -0.2) is 42.1 Å². The molecular formula is C17H22F4N2O3. The highest BCUT2D eigenvalue weighted by atomic mass is 19.4. The number of carbonyl (C=O) groups excluding carboxylic acids is 2. The number of benzene rings is 1. The van der Waals surface area contributed by atoms with Gasteiger partial charge in [0.2, 0.25) is 0 Å². The minimum absolute atomic E-state index is 0.00461. The molecule has 0 spiro atoms. The average molecular weight is 378 g/mol. The number of rotatable bonds is 5. The average Bonchev–Trinajstić information content (AvgIpc) is 2.48. The number of halogens is 4. The van der Waals surface area contributed by atoms with Crippen LogP contribution in [0, 0.1) is 5.82 Å². The quantitative estimate of drug-likeness (QED) is 0.793. The van der Waals surface area contributed by atoms with Crippen molar-refractivity contribution in [1.29, 1.82) is 0 Å². The van der Waals surface area contributed by atoms with Crippen molar-refractivity contribution in [2.24, 2.45) is 0 Å². The molecule has 0 bridgehead atoms. The van der Waals surface area contributed by atoms with E-state index < -0.39 is 35.2 Å². The fourth-order valence-corrected chi connectivity index (χ4v) is 2.00. The maximum atomic E-state index is 13.2. The van der Waals surface area contributed by atoms with Crippen LogP contribution in [0.5, 0.6) is 0 Å². The molecule has 1 aromatic carbocycles. The van der Waals surface area contributed by atoms with Crippen molar-refractivity contribution in [3.8, 4) is 0 Å². The second-order valence-corrected chi connectivity index (χ2v) is 6.51. The summed E-state index contributed by atoms with van der Waals surface area (Å²) in [7, 11) is 0. The second-order valence-electron chi connectivity index (χ2n) is 6.51. The number of amides is 2. The maximum Gasteiger partial charge on any atom is 0.419 e. The molecule has 0 fully saturated rings. The van der Waals surface area contributed by atoms with E-state index in [4.69, 9.17) is 4.74 Å². The van der Waals surface area contributed by atoms with E-state index in [1.165, 1.54) is 4.90 Å². The summed E-state index contributed by atoms with van der Waals surface area (Å²) in [6, 6.07) is 2.01. The molecule has 0 atom stereocenters. The monoisotopic (exact) mass is 378 g/mol. The van der Waals surface area contributed by atoms with Gasteiger partial charge in [-0.3, -0.25) is 4.79 Å². The van der Waals surface area contributed by atoms with Gasteiger partial charge in [-0.25, -0.2) is 9.18 Å². The molecule has 1 N–H and O–H groups in total. The van der Waals surface area contributed by atoms with Crippen molar-refractivity contribution in [1.82, 2.24) is 10.2 Å². The number of hydrogen-bond acceptors (Lipinski definition) is 3. The number of hydrogen-bond donors (Lipinski definition) is 1. The van der Waals surface area contributed by atoms with E-state index in [9.17, 15) is 27.2 Å². The number of nitrogens with one attached hydrogen (secondary N) is 1. The van der Waals surface area contributed by atoms with Gasteiger partial charge < -0.3 is 15.0 Å². The Morgan fingerprint density at radius 3 is 2.31 bits per heavy atom. The van der Waals surface area contributed by atoms with Crippen LogP contribution in [-0.2, 0) is 10.9 Å². The second kappa shape index (κ2) is 8.37. The van der Waals surface area contributed by atoms with Crippen molar-refractivity contribution in [2.75, 3.05) is 19.6 Å². The van der Waals surface area contributed by atoms with Crippen molar-refractivity contribution in [2.45, 2.75) is 39.5 Å². The Labute approximate surface area is 149 Å². The summed E-state index contributed by atoms with van der Waals surface area (Å²) in [6.45, 7) is 7.32. The number of ether oxygens (including phenoxy) is 1. The number of alkyl halides is 3. The summed E-state index contributed by atoms with van der Waals surface area (Å²) in [5.74, 6) is -2.24. The highest BCUT2D eigenvalue weighted by molar-refractivity contribution is 5.94. The molecule has 0 radical (unpaired) electrons. The van der Waals surface area contributed by atoms with Gasteiger partial charge in [0, 0.05) is 25.2 Å². The molecule has 0 aliphatic carbocycles. The van der Waals surface area contributed by atoms with E-state index in [1.807, 2.05) is 0 Å². The van der Waals surface area contributed by atoms with Gasteiger partial charge in [-0.15, -0.1) is 0 Å². The minimum Gasteiger partial charge on any atom is -0.444 e. The lowest BCUT2D eigenvalue weighted by atomic mass is 10.1. The molecule has 0 aliphatic rings. The number of likely N-dealkylation sites (N-methyl/N-ethyl adjacent to an activating group) is 1. The van der Waals surface area contributed by atoms with Crippen molar-refractivity contribution < 1.29 is 31.9 Å². The van der Waals surface area contributed by atoms with E-state index in [1.54, 1.807) is 27.7 Å². The number of nitrogens with zero attached hydrogens (tertiary/aromatic N) is 1. The molecule has 1 rings (SSSR count). The van der Waals surface area contributed by atoms with Gasteiger partial charge in [0.15, 0.2) is 0 Å². The largest absolute Gasteiger partial charge is 0.444 e. The highest BCUT2D eigenvalue weighted by Crippen LogP contribution is 2.31. The molecule has 9 heteroatoms. The summed E-state index contributed by atoms with van der Waals surface area (Å²) in [6.07, 6.45) is -5.45. The van der Waals surface area contributed by atoms with Crippen molar-refractivity contribution >= 4 is 12.0 Å². The summed E-state index contributed by atoms with van der Waals surface area (Å²) in [4.78, 5) is 25.3. The van der Waals surface area contributed by atoms with Gasteiger partial charge in [-0.2, -0.15) is 13.2 Å². The summed E-state index contributed by atoms with van der Waals surface area (Å²) < 4.78 is 56.5. The zero-order valence-corrected chi connectivity index (χ0v) is 15.0. The predicted molar refractivity (Wildman–Crippen MR) is 87.2 cm³/mol. The van der Waals surface area contributed by atoms with Crippen LogP contribution in [0.4, 0.5) is 22.4 Å². The van der Waals surface area contributed by atoms with Crippen LogP contribution in [0.3, 0.4) is 0 Å². The Balaban J connectivity index is 2.68. The molecule has 0 heterocycles. The minimum atomic E-state index is -4.89. The molecule has 0 saturated heterocycles. The molecule has 1 aromatic rings. The molecule has 5 nitrogen and oxygen atoms in total. The van der Waals surface area contributed by atoms with Crippen LogP contribution in [0.2, 0.25) is 0 Å². The number of carbonyl (C=O) groups is 2. The molecular weight excluding hydrogens is 356 g/mol.